The Bertz CT molecular complexity index is 1120. The van der Waals surface area contributed by atoms with Crippen LogP contribution in [0.25, 0.3) is 0 Å². The lowest BCUT2D eigenvalue weighted by Gasteiger charge is -2.25. The van der Waals surface area contributed by atoms with E-state index in [0.29, 0.717) is 16.4 Å². The third kappa shape index (κ3) is 5.60. The molecule has 1 amide bonds. The topological polar surface area (TPSA) is 107 Å². The Morgan fingerprint density at radius 3 is 2.72 bits per heavy atom. The van der Waals surface area contributed by atoms with Crippen molar-refractivity contribution in [2.75, 3.05) is 31.6 Å². The van der Waals surface area contributed by atoms with Gasteiger partial charge in [-0.25, -0.2) is 4.98 Å². The fraction of sp³-hybridized carbons (Fsp3) is 0.238. The number of nitro groups is 1. The Balaban J connectivity index is 1.37. The van der Waals surface area contributed by atoms with Crippen LogP contribution >= 0.6 is 22.9 Å². The number of nitrogens with zero attached hydrogens (tertiary/aromatic N) is 3. The number of anilines is 1. The maximum atomic E-state index is 12.5. The number of halogens is 1. The summed E-state index contributed by atoms with van der Waals surface area (Å²) >= 11 is 7.19. The molecule has 0 spiro atoms. The molecular weight excluding hydrogens is 456 g/mol. The van der Waals surface area contributed by atoms with Gasteiger partial charge in [0.1, 0.15) is 5.75 Å². The third-order valence-electron chi connectivity index (χ3n) is 4.72. The highest BCUT2D eigenvalue weighted by atomic mass is 35.5. The summed E-state index contributed by atoms with van der Waals surface area (Å²) in [6.07, 6.45) is 0. The summed E-state index contributed by atoms with van der Waals surface area (Å²) in [7, 11) is 0. The van der Waals surface area contributed by atoms with Crippen molar-refractivity contribution in [2.24, 2.45) is 0 Å². The highest BCUT2D eigenvalue weighted by molar-refractivity contribution is 7.14. The van der Waals surface area contributed by atoms with Crippen molar-refractivity contribution < 1.29 is 19.2 Å². The van der Waals surface area contributed by atoms with E-state index in [4.69, 9.17) is 21.1 Å². The van der Waals surface area contributed by atoms with Gasteiger partial charge in [-0.1, -0.05) is 11.6 Å². The van der Waals surface area contributed by atoms with Gasteiger partial charge in [0.05, 0.1) is 23.8 Å². The summed E-state index contributed by atoms with van der Waals surface area (Å²) in [4.78, 5) is 29.9. The molecule has 1 saturated heterocycles. The monoisotopic (exact) mass is 474 g/mol. The molecule has 3 aromatic rings. The Labute approximate surface area is 192 Å². The number of nitrogens with one attached hydrogen (secondary N) is 1. The van der Waals surface area contributed by atoms with Crippen molar-refractivity contribution in [1.82, 2.24) is 9.88 Å². The molecule has 0 atom stereocenters. The predicted octanol–water partition coefficient (Wildman–Crippen LogP) is 4.58. The third-order valence-corrected chi connectivity index (χ3v) is 5.77. The number of hydrogen-bond donors (Lipinski definition) is 1. The van der Waals surface area contributed by atoms with Crippen LogP contribution < -0.4 is 10.1 Å². The molecule has 0 saturated carbocycles. The summed E-state index contributed by atoms with van der Waals surface area (Å²) in [5.74, 6) is 0.113. The quantitative estimate of drug-likeness (QED) is 0.394. The number of carbonyl (C=O) groups is 1. The van der Waals surface area contributed by atoms with Crippen LogP contribution in [0.5, 0.6) is 11.5 Å². The average molecular weight is 475 g/mol. The lowest BCUT2D eigenvalue weighted by molar-refractivity contribution is -0.385. The molecule has 1 N–H and O–H groups in total. The normalized spacial score (nSPS) is 14.2. The summed E-state index contributed by atoms with van der Waals surface area (Å²) in [5.41, 5.74) is 1.07. The van der Waals surface area contributed by atoms with Gasteiger partial charge in [-0.05, 0) is 36.4 Å². The van der Waals surface area contributed by atoms with E-state index in [0.717, 1.165) is 38.5 Å². The molecule has 2 heterocycles. The number of carbonyl (C=O) groups excluding carboxylic acids is 1. The molecule has 1 fully saturated rings. The molecule has 0 bridgehead atoms. The highest BCUT2D eigenvalue weighted by Crippen LogP contribution is 2.33. The van der Waals surface area contributed by atoms with Gasteiger partial charge in [0, 0.05) is 41.7 Å². The van der Waals surface area contributed by atoms with Gasteiger partial charge < -0.3 is 9.47 Å². The van der Waals surface area contributed by atoms with Crippen molar-refractivity contribution in [3.8, 4) is 11.5 Å². The molecule has 166 valence electrons. The number of aromatic nitrogens is 1. The zero-order chi connectivity index (χ0) is 22.5. The number of benzene rings is 2. The van der Waals surface area contributed by atoms with Gasteiger partial charge in [0.25, 0.3) is 5.91 Å². The first-order valence-corrected chi connectivity index (χ1v) is 11.0. The molecule has 32 heavy (non-hydrogen) atoms. The minimum absolute atomic E-state index is 0.0622. The van der Waals surface area contributed by atoms with E-state index in [1.165, 1.54) is 29.5 Å². The minimum atomic E-state index is -0.565. The van der Waals surface area contributed by atoms with Crippen LogP contribution in [0.3, 0.4) is 0 Å². The van der Waals surface area contributed by atoms with E-state index >= 15 is 0 Å². The Morgan fingerprint density at radius 1 is 1.25 bits per heavy atom. The van der Waals surface area contributed by atoms with Crippen LogP contribution in [0.1, 0.15) is 16.1 Å². The Kier molecular flexibility index (Phi) is 6.96. The molecule has 0 unspecified atom stereocenters. The minimum Gasteiger partial charge on any atom is -0.450 e. The second-order valence-corrected chi connectivity index (χ2v) is 8.28. The first-order valence-electron chi connectivity index (χ1n) is 9.75. The van der Waals surface area contributed by atoms with E-state index in [2.05, 4.69) is 15.2 Å². The number of amides is 1. The fourth-order valence-corrected chi connectivity index (χ4v) is 3.98. The summed E-state index contributed by atoms with van der Waals surface area (Å²) < 4.78 is 10.9. The first-order chi connectivity index (χ1) is 15.5. The van der Waals surface area contributed by atoms with Crippen LogP contribution in [-0.4, -0.2) is 47.0 Å². The molecule has 11 heteroatoms. The van der Waals surface area contributed by atoms with Gasteiger partial charge in [-0.15, -0.1) is 11.3 Å². The van der Waals surface area contributed by atoms with Gasteiger partial charge in [-0.2, -0.15) is 0 Å². The van der Waals surface area contributed by atoms with Gasteiger partial charge >= 0.3 is 5.69 Å². The maximum Gasteiger partial charge on any atom is 0.313 e. The fourth-order valence-electron chi connectivity index (χ4n) is 3.12. The van der Waals surface area contributed by atoms with E-state index < -0.39 is 4.92 Å². The number of nitro benzene ring substituents is 1. The Hall–Kier alpha value is -3.05. The smallest absolute Gasteiger partial charge is 0.313 e. The molecule has 1 aliphatic rings. The average Bonchev–Trinajstić information content (AvgIpc) is 3.22. The zero-order valence-electron chi connectivity index (χ0n) is 16.8. The van der Waals surface area contributed by atoms with Crippen molar-refractivity contribution in [2.45, 2.75) is 6.54 Å². The van der Waals surface area contributed by atoms with E-state index in [9.17, 15) is 14.9 Å². The predicted molar refractivity (Wildman–Crippen MR) is 121 cm³/mol. The first kappa shape index (κ1) is 22.2. The van der Waals surface area contributed by atoms with Crippen molar-refractivity contribution >= 4 is 39.7 Å². The van der Waals surface area contributed by atoms with E-state index in [1.807, 2.05) is 5.38 Å². The standard InChI is InChI=1S/C21H19ClN4O5S/c22-15-3-6-19(18(11-15)26(28)29)31-17-4-1-14(2-5-17)20(27)24-21-23-16(13-32-21)12-25-7-9-30-10-8-25/h1-6,11,13H,7-10,12H2,(H,23,24,27). The number of hydrogen-bond acceptors (Lipinski definition) is 8. The number of ether oxygens (including phenoxy) is 2. The molecular formula is C21H19ClN4O5S. The second kappa shape index (κ2) is 10.0. The number of rotatable bonds is 7. The molecule has 2 aromatic carbocycles. The van der Waals surface area contributed by atoms with Gasteiger partial charge in [0.15, 0.2) is 5.13 Å². The molecule has 0 aliphatic carbocycles. The van der Waals surface area contributed by atoms with Crippen molar-refractivity contribution in [1.29, 1.82) is 0 Å². The molecule has 1 aromatic heterocycles. The zero-order valence-corrected chi connectivity index (χ0v) is 18.4. The van der Waals surface area contributed by atoms with Crippen LogP contribution in [0.15, 0.2) is 47.8 Å². The van der Waals surface area contributed by atoms with Crippen LogP contribution in [0, 0.1) is 10.1 Å². The van der Waals surface area contributed by atoms with Crippen molar-refractivity contribution in [3.63, 3.8) is 0 Å². The lowest BCUT2D eigenvalue weighted by Crippen LogP contribution is -2.35. The van der Waals surface area contributed by atoms with E-state index in [1.54, 1.807) is 24.3 Å². The SMILES string of the molecule is O=C(Nc1nc(CN2CCOCC2)cs1)c1ccc(Oc2ccc(Cl)cc2[N+](=O)[O-])cc1. The number of morpholine rings is 1. The van der Waals surface area contributed by atoms with Gasteiger partial charge in [0.2, 0.25) is 5.75 Å². The summed E-state index contributed by atoms with van der Waals surface area (Å²) in [5, 5.41) is 16.7. The second-order valence-electron chi connectivity index (χ2n) is 6.98. The summed E-state index contributed by atoms with van der Waals surface area (Å²) in [6.45, 7) is 3.90. The Morgan fingerprint density at radius 2 is 2.00 bits per heavy atom. The molecule has 0 radical (unpaired) electrons. The molecule has 1 aliphatic heterocycles. The summed E-state index contributed by atoms with van der Waals surface area (Å²) in [6, 6.07) is 10.5. The largest absolute Gasteiger partial charge is 0.450 e. The number of thiazole rings is 1. The highest BCUT2D eigenvalue weighted by Gasteiger charge is 2.17. The van der Waals surface area contributed by atoms with E-state index in [-0.39, 0.29) is 22.4 Å². The van der Waals surface area contributed by atoms with Crippen LogP contribution in [0.4, 0.5) is 10.8 Å². The molecule has 4 rings (SSSR count). The maximum absolute atomic E-state index is 12.5. The van der Waals surface area contributed by atoms with Crippen molar-refractivity contribution in [3.05, 3.63) is 74.2 Å². The van der Waals surface area contributed by atoms with Crippen LogP contribution in [0.2, 0.25) is 5.02 Å². The molecule has 9 nitrogen and oxygen atoms in total. The van der Waals surface area contributed by atoms with Crippen LogP contribution in [-0.2, 0) is 11.3 Å². The lowest BCUT2D eigenvalue weighted by atomic mass is 10.2. The van der Waals surface area contributed by atoms with Gasteiger partial charge in [-0.3, -0.25) is 25.1 Å².